The lowest BCUT2D eigenvalue weighted by Crippen LogP contribution is -2.17. The monoisotopic (exact) mass is 422 g/mol. The van der Waals surface area contributed by atoms with Crippen LogP contribution in [-0.4, -0.2) is 22.3 Å². The second-order valence-corrected chi connectivity index (χ2v) is 6.93. The molecule has 6 nitrogen and oxygen atoms in total. The molecule has 1 heterocycles. The first-order valence-corrected chi connectivity index (χ1v) is 10.2. The molecule has 0 aliphatic rings. The molecule has 0 fully saturated rings. The number of hydrazone groups is 1. The van der Waals surface area contributed by atoms with Crippen LogP contribution in [0.2, 0.25) is 0 Å². The Kier molecular flexibility index (Phi) is 6.85. The van der Waals surface area contributed by atoms with Crippen LogP contribution in [0.3, 0.4) is 0 Å². The second-order valence-electron chi connectivity index (χ2n) is 6.93. The van der Waals surface area contributed by atoms with Gasteiger partial charge >= 0.3 is 0 Å². The third-order valence-corrected chi connectivity index (χ3v) is 4.64. The Morgan fingerprint density at radius 2 is 1.69 bits per heavy atom. The molecule has 32 heavy (non-hydrogen) atoms. The number of para-hydroxylation sites is 1. The van der Waals surface area contributed by atoms with Crippen LogP contribution in [0.1, 0.15) is 21.6 Å². The van der Waals surface area contributed by atoms with Crippen molar-refractivity contribution in [3.05, 3.63) is 114 Å². The van der Waals surface area contributed by atoms with Crippen LogP contribution in [-0.2, 0) is 6.61 Å². The predicted molar refractivity (Wildman–Crippen MR) is 126 cm³/mol. The van der Waals surface area contributed by atoms with Gasteiger partial charge in [-0.05, 0) is 35.4 Å². The van der Waals surface area contributed by atoms with Gasteiger partial charge in [0.25, 0.3) is 5.91 Å². The topological polar surface area (TPSA) is 79.4 Å². The average molecular weight is 422 g/mol. The maximum Gasteiger partial charge on any atom is 0.289 e. The first-order chi connectivity index (χ1) is 15.8. The molecule has 6 heteroatoms. The van der Waals surface area contributed by atoms with Crippen LogP contribution in [0.4, 0.5) is 0 Å². The van der Waals surface area contributed by atoms with E-state index in [1.807, 2.05) is 91.0 Å². The number of rotatable bonds is 8. The maximum atomic E-state index is 12.4. The number of aromatic amines is 1. The van der Waals surface area contributed by atoms with Gasteiger partial charge in [0.1, 0.15) is 18.1 Å². The number of hydrogen-bond acceptors (Lipinski definition) is 4. The Bertz CT molecular complexity index is 1210. The van der Waals surface area contributed by atoms with E-state index < -0.39 is 0 Å². The summed E-state index contributed by atoms with van der Waals surface area (Å²) in [6.45, 7) is 0.445. The highest BCUT2D eigenvalue weighted by Gasteiger charge is 2.13. The summed E-state index contributed by atoms with van der Waals surface area (Å²) in [5.74, 6) is 0.315. The molecule has 0 aliphatic carbocycles. The molecule has 3 aromatic carbocycles. The molecule has 1 amide bonds. The first-order valence-electron chi connectivity index (χ1n) is 10.2. The Hall–Kier alpha value is -4.45. The van der Waals surface area contributed by atoms with Gasteiger partial charge < -0.3 is 4.74 Å². The van der Waals surface area contributed by atoms with E-state index in [0.29, 0.717) is 23.7 Å². The van der Waals surface area contributed by atoms with Gasteiger partial charge in [-0.15, -0.1) is 0 Å². The van der Waals surface area contributed by atoms with Gasteiger partial charge in [-0.3, -0.25) is 9.89 Å². The number of nitrogens with one attached hydrogen (secondary N) is 2. The van der Waals surface area contributed by atoms with E-state index >= 15 is 0 Å². The largest absolute Gasteiger partial charge is 0.488 e. The van der Waals surface area contributed by atoms with E-state index in [-0.39, 0.29) is 5.91 Å². The van der Waals surface area contributed by atoms with E-state index in [0.717, 1.165) is 16.7 Å². The number of carbonyl (C=O) groups excluding carboxylic acids is 1. The summed E-state index contributed by atoms with van der Waals surface area (Å²) in [4.78, 5) is 12.4. The summed E-state index contributed by atoms with van der Waals surface area (Å²) in [7, 11) is 0. The molecule has 0 saturated carbocycles. The fraction of sp³-hybridized carbons (Fsp3) is 0.0385. The zero-order chi connectivity index (χ0) is 22.0. The molecular formula is C26H22N4O2. The molecule has 158 valence electrons. The smallest absolute Gasteiger partial charge is 0.289 e. The normalized spacial score (nSPS) is 11.1. The van der Waals surface area contributed by atoms with E-state index in [1.54, 1.807) is 12.1 Å². The SMILES string of the molecule is O=C(NN=CC=Cc1ccccc1)c1cc(-c2ccccc2OCc2ccccc2)n[nH]1. The molecule has 1 aromatic heterocycles. The highest BCUT2D eigenvalue weighted by Crippen LogP contribution is 2.29. The fourth-order valence-corrected chi connectivity index (χ4v) is 3.03. The number of nitrogens with zero attached hydrogens (tertiary/aromatic N) is 2. The number of hydrogen-bond donors (Lipinski definition) is 2. The first kappa shape index (κ1) is 20.8. The van der Waals surface area contributed by atoms with E-state index in [4.69, 9.17) is 4.74 Å². The van der Waals surface area contributed by atoms with Crippen LogP contribution in [0, 0.1) is 0 Å². The molecule has 0 unspecified atom stereocenters. The molecule has 2 N–H and O–H groups in total. The van der Waals surface area contributed by atoms with Gasteiger partial charge in [-0.2, -0.15) is 10.2 Å². The third-order valence-electron chi connectivity index (χ3n) is 4.64. The Morgan fingerprint density at radius 1 is 0.969 bits per heavy atom. The lowest BCUT2D eigenvalue weighted by Gasteiger charge is -2.10. The third kappa shape index (κ3) is 5.58. The highest BCUT2D eigenvalue weighted by atomic mass is 16.5. The zero-order valence-corrected chi connectivity index (χ0v) is 17.3. The van der Waals surface area contributed by atoms with Crippen molar-refractivity contribution in [3.8, 4) is 17.0 Å². The van der Waals surface area contributed by atoms with Crippen LogP contribution in [0.25, 0.3) is 17.3 Å². The minimum absolute atomic E-state index is 0.307. The summed E-state index contributed by atoms with van der Waals surface area (Å²) in [6.07, 6.45) is 5.18. The van der Waals surface area contributed by atoms with Crippen LogP contribution >= 0.6 is 0 Å². The fourth-order valence-electron chi connectivity index (χ4n) is 3.03. The average Bonchev–Trinajstić information content (AvgIpc) is 3.34. The van der Waals surface area contributed by atoms with Gasteiger partial charge in [0, 0.05) is 11.8 Å². The predicted octanol–water partition coefficient (Wildman–Crippen LogP) is 5.08. The number of ether oxygens (including phenoxy) is 1. The molecule has 0 saturated heterocycles. The van der Waals surface area contributed by atoms with Gasteiger partial charge in [0.05, 0.1) is 5.69 Å². The number of benzene rings is 3. The minimum atomic E-state index is -0.379. The van der Waals surface area contributed by atoms with Gasteiger partial charge in [-0.1, -0.05) is 78.9 Å². The quantitative estimate of drug-likeness (QED) is 0.307. The van der Waals surface area contributed by atoms with Crippen LogP contribution in [0.15, 0.2) is 102 Å². The standard InChI is InChI=1S/C26H22N4O2/c31-26(30-27-17-9-14-20-10-3-1-4-11-20)24-18-23(28-29-24)22-15-7-8-16-25(22)32-19-21-12-5-2-6-13-21/h1-18H,19H2,(H,28,29)(H,30,31). The summed E-state index contributed by atoms with van der Waals surface area (Å²) in [5.41, 5.74) is 6.34. The molecule has 0 aliphatic heterocycles. The second kappa shape index (κ2) is 10.5. The number of allylic oxidation sites excluding steroid dienone is 1. The van der Waals surface area contributed by atoms with Crippen molar-refractivity contribution in [1.29, 1.82) is 0 Å². The van der Waals surface area contributed by atoms with Gasteiger partial charge in [0.15, 0.2) is 0 Å². The van der Waals surface area contributed by atoms with E-state index in [2.05, 4.69) is 20.7 Å². The maximum absolute atomic E-state index is 12.4. The van der Waals surface area contributed by atoms with Crippen LogP contribution < -0.4 is 10.2 Å². The van der Waals surface area contributed by atoms with Crippen LogP contribution in [0.5, 0.6) is 5.75 Å². The zero-order valence-electron chi connectivity index (χ0n) is 17.3. The lowest BCUT2D eigenvalue weighted by molar-refractivity contribution is 0.0950. The lowest BCUT2D eigenvalue weighted by atomic mass is 10.1. The van der Waals surface area contributed by atoms with Gasteiger partial charge in [0.2, 0.25) is 0 Å². The molecule has 4 aromatic rings. The number of aromatic nitrogens is 2. The molecule has 0 atom stereocenters. The van der Waals surface area contributed by atoms with Crippen molar-refractivity contribution in [2.24, 2.45) is 5.10 Å². The van der Waals surface area contributed by atoms with E-state index in [1.165, 1.54) is 6.21 Å². The number of amides is 1. The summed E-state index contributed by atoms with van der Waals surface area (Å²) >= 11 is 0. The molecule has 4 rings (SSSR count). The summed E-state index contributed by atoms with van der Waals surface area (Å²) in [6, 6.07) is 29.1. The molecule has 0 spiro atoms. The van der Waals surface area contributed by atoms with Crippen molar-refractivity contribution < 1.29 is 9.53 Å². The Labute approximate surface area is 186 Å². The molecule has 0 bridgehead atoms. The highest BCUT2D eigenvalue weighted by molar-refractivity contribution is 5.94. The Balaban J connectivity index is 1.38. The summed E-state index contributed by atoms with van der Waals surface area (Å²) in [5, 5.41) is 11.0. The minimum Gasteiger partial charge on any atom is -0.488 e. The Morgan fingerprint density at radius 3 is 2.50 bits per heavy atom. The molecule has 0 radical (unpaired) electrons. The molecular weight excluding hydrogens is 400 g/mol. The van der Waals surface area contributed by atoms with Crippen molar-refractivity contribution >= 4 is 18.2 Å². The number of H-pyrrole nitrogens is 1. The van der Waals surface area contributed by atoms with Gasteiger partial charge in [-0.25, -0.2) is 5.43 Å². The van der Waals surface area contributed by atoms with Crippen molar-refractivity contribution in [2.45, 2.75) is 6.61 Å². The summed E-state index contributed by atoms with van der Waals surface area (Å²) < 4.78 is 5.99. The van der Waals surface area contributed by atoms with Crippen molar-refractivity contribution in [1.82, 2.24) is 15.6 Å². The number of carbonyl (C=O) groups is 1. The van der Waals surface area contributed by atoms with Crippen molar-refractivity contribution in [2.75, 3.05) is 0 Å². The van der Waals surface area contributed by atoms with E-state index in [9.17, 15) is 4.79 Å². The van der Waals surface area contributed by atoms with Crippen molar-refractivity contribution in [3.63, 3.8) is 0 Å².